The van der Waals surface area contributed by atoms with Crippen LogP contribution in [0.2, 0.25) is 0 Å². The summed E-state index contributed by atoms with van der Waals surface area (Å²) in [5.74, 6) is 0.594. The predicted octanol–water partition coefficient (Wildman–Crippen LogP) is 2.74. The first kappa shape index (κ1) is 10.3. The van der Waals surface area contributed by atoms with Crippen molar-refractivity contribution in [2.75, 3.05) is 14.1 Å². The summed E-state index contributed by atoms with van der Waals surface area (Å²) in [6, 6.07) is 11.3. The van der Waals surface area contributed by atoms with Crippen LogP contribution in [0.1, 0.15) is 25.3 Å². The van der Waals surface area contributed by atoms with Gasteiger partial charge in [0.25, 0.3) is 0 Å². The Kier molecular flexibility index (Phi) is 3.49. The highest BCUT2D eigenvalue weighted by Crippen LogP contribution is 2.20. The maximum Gasteiger partial charge on any atom is 0.0127 e. The molecule has 1 aromatic rings. The normalized spacial score (nSPS) is 15.8. The molecule has 0 unspecified atom stereocenters. The van der Waals surface area contributed by atoms with Crippen LogP contribution in [0.25, 0.3) is 0 Å². The molecule has 0 aromatic heterocycles. The van der Waals surface area contributed by atoms with Gasteiger partial charge in [-0.1, -0.05) is 37.3 Å². The van der Waals surface area contributed by atoms with Crippen molar-refractivity contribution >= 4 is 0 Å². The summed E-state index contributed by atoms with van der Waals surface area (Å²) < 4.78 is 0. The van der Waals surface area contributed by atoms with E-state index in [0.29, 0.717) is 12.0 Å². The molecule has 2 atom stereocenters. The molecule has 0 heterocycles. The number of nitrogens with zero attached hydrogens (tertiary/aromatic N) is 1. The third-order valence-corrected chi connectivity index (χ3v) is 2.86. The van der Waals surface area contributed by atoms with Gasteiger partial charge in [0.1, 0.15) is 0 Å². The monoisotopic (exact) mass is 177 g/mol. The lowest BCUT2D eigenvalue weighted by atomic mass is 9.94. The van der Waals surface area contributed by atoms with Crippen molar-refractivity contribution in [1.29, 1.82) is 0 Å². The molecule has 1 heteroatoms. The van der Waals surface area contributed by atoms with E-state index in [2.05, 4.69) is 63.2 Å². The lowest BCUT2D eigenvalue weighted by Gasteiger charge is -2.26. The minimum atomic E-state index is 0.586. The SMILES string of the molecule is C[C@@H](c1ccccc1)[C@H](C)N(C)C. The largest absolute Gasteiger partial charge is 0.306 e. The van der Waals surface area contributed by atoms with Crippen molar-refractivity contribution in [2.24, 2.45) is 0 Å². The summed E-state index contributed by atoms with van der Waals surface area (Å²) in [6.45, 7) is 4.54. The summed E-state index contributed by atoms with van der Waals surface area (Å²) in [5.41, 5.74) is 1.42. The predicted molar refractivity (Wildman–Crippen MR) is 58.0 cm³/mol. The molecule has 0 saturated carbocycles. The molecule has 0 bridgehead atoms. The third-order valence-electron chi connectivity index (χ3n) is 2.86. The molecule has 0 fully saturated rings. The highest BCUT2D eigenvalue weighted by molar-refractivity contribution is 5.20. The van der Waals surface area contributed by atoms with Gasteiger partial charge in [-0.05, 0) is 32.5 Å². The maximum atomic E-state index is 2.28. The van der Waals surface area contributed by atoms with Gasteiger partial charge in [-0.25, -0.2) is 0 Å². The second kappa shape index (κ2) is 4.43. The van der Waals surface area contributed by atoms with Crippen LogP contribution in [0, 0.1) is 0 Å². The van der Waals surface area contributed by atoms with Crippen LogP contribution < -0.4 is 0 Å². The third kappa shape index (κ3) is 2.56. The van der Waals surface area contributed by atoms with Crippen LogP contribution in [-0.2, 0) is 0 Å². The zero-order valence-electron chi connectivity index (χ0n) is 8.99. The number of rotatable bonds is 3. The van der Waals surface area contributed by atoms with Gasteiger partial charge in [-0.3, -0.25) is 0 Å². The fourth-order valence-corrected chi connectivity index (χ4v) is 1.48. The smallest absolute Gasteiger partial charge is 0.0127 e. The first-order valence-corrected chi connectivity index (χ1v) is 4.84. The Bertz CT molecular complexity index is 241. The van der Waals surface area contributed by atoms with E-state index in [4.69, 9.17) is 0 Å². The highest BCUT2D eigenvalue weighted by Gasteiger charge is 2.15. The van der Waals surface area contributed by atoms with Crippen LogP contribution in [0.15, 0.2) is 30.3 Å². The Morgan fingerprint density at radius 2 is 1.54 bits per heavy atom. The fraction of sp³-hybridized carbons (Fsp3) is 0.500. The molecule has 1 aromatic carbocycles. The molecule has 0 radical (unpaired) electrons. The van der Waals surface area contributed by atoms with Gasteiger partial charge in [0.2, 0.25) is 0 Å². The van der Waals surface area contributed by atoms with Crippen LogP contribution in [-0.4, -0.2) is 25.0 Å². The minimum Gasteiger partial charge on any atom is -0.306 e. The number of likely N-dealkylation sites (N-methyl/N-ethyl adjacent to an activating group) is 1. The van der Waals surface area contributed by atoms with Crippen LogP contribution in [0.3, 0.4) is 0 Å². The molecule has 1 rings (SSSR count). The lowest BCUT2D eigenvalue weighted by Crippen LogP contribution is -2.29. The molecule has 0 N–H and O–H groups in total. The average molecular weight is 177 g/mol. The first-order chi connectivity index (χ1) is 6.13. The molecule has 13 heavy (non-hydrogen) atoms. The molecule has 0 aliphatic carbocycles. The fourth-order valence-electron chi connectivity index (χ4n) is 1.48. The van der Waals surface area contributed by atoms with Crippen molar-refractivity contribution < 1.29 is 0 Å². The molecule has 0 amide bonds. The van der Waals surface area contributed by atoms with Crippen molar-refractivity contribution in [3.05, 3.63) is 35.9 Å². The Morgan fingerprint density at radius 1 is 1.00 bits per heavy atom. The van der Waals surface area contributed by atoms with Crippen molar-refractivity contribution in [3.63, 3.8) is 0 Å². The molecule has 0 spiro atoms. The van der Waals surface area contributed by atoms with Gasteiger partial charge in [-0.15, -0.1) is 0 Å². The standard InChI is InChI=1S/C12H19N/c1-10(11(2)13(3)4)12-8-6-5-7-9-12/h5-11H,1-4H3/t10-,11+/m1/s1. The Balaban J connectivity index is 2.73. The van der Waals surface area contributed by atoms with E-state index in [0.717, 1.165) is 0 Å². The summed E-state index contributed by atoms with van der Waals surface area (Å²) in [7, 11) is 4.26. The summed E-state index contributed by atoms with van der Waals surface area (Å²) in [5, 5.41) is 0. The van der Waals surface area contributed by atoms with E-state index in [-0.39, 0.29) is 0 Å². The van der Waals surface area contributed by atoms with E-state index in [1.165, 1.54) is 5.56 Å². The number of hydrogen-bond donors (Lipinski definition) is 0. The van der Waals surface area contributed by atoms with Gasteiger partial charge in [0.15, 0.2) is 0 Å². The zero-order valence-corrected chi connectivity index (χ0v) is 8.99. The second-order valence-electron chi connectivity index (χ2n) is 3.90. The molecule has 72 valence electrons. The van der Waals surface area contributed by atoms with E-state index in [9.17, 15) is 0 Å². The minimum absolute atomic E-state index is 0.586. The van der Waals surface area contributed by atoms with E-state index in [1.54, 1.807) is 0 Å². The summed E-state index contributed by atoms with van der Waals surface area (Å²) in [4.78, 5) is 2.26. The van der Waals surface area contributed by atoms with Crippen LogP contribution >= 0.6 is 0 Å². The van der Waals surface area contributed by atoms with E-state index >= 15 is 0 Å². The molecular formula is C12H19N. The molecule has 0 aliphatic heterocycles. The lowest BCUT2D eigenvalue weighted by molar-refractivity contribution is 0.280. The number of hydrogen-bond acceptors (Lipinski definition) is 1. The topological polar surface area (TPSA) is 3.24 Å². The zero-order chi connectivity index (χ0) is 9.84. The molecule has 0 aliphatic rings. The summed E-state index contributed by atoms with van der Waals surface area (Å²) >= 11 is 0. The quantitative estimate of drug-likeness (QED) is 0.686. The second-order valence-corrected chi connectivity index (χ2v) is 3.90. The Labute approximate surface area is 81.4 Å². The van der Waals surface area contributed by atoms with Gasteiger partial charge in [0, 0.05) is 6.04 Å². The van der Waals surface area contributed by atoms with Crippen molar-refractivity contribution in [2.45, 2.75) is 25.8 Å². The van der Waals surface area contributed by atoms with E-state index in [1.807, 2.05) is 0 Å². The number of benzene rings is 1. The molecule has 1 nitrogen and oxygen atoms in total. The van der Waals surface area contributed by atoms with Crippen molar-refractivity contribution in [1.82, 2.24) is 4.90 Å². The van der Waals surface area contributed by atoms with Gasteiger partial charge >= 0.3 is 0 Å². The van der Waals surface area contributed by atoms with Crippen molar-refractivity contribution in [3.8, 4) is 0 Å². The maximum absolute atomic E-state index is 2.28. The Hall–Kier alpha value is -0.820. The van der Waals surface area contributed by atoms with E-state index < -0.39 is 0 Å². The van der Waals surface area contributed by atoms with Crippen LogP contribution in [0.5, 0.6) is 0 Å². The van der Waals surface area contributed by atoms with Gasteiger partial charge < -0.3 is 4.90 Å². The first-order valence-electron chi connectivity index (χ1n) is 4.84. The van der Waals surface area contributed by atoms with Crippen LogP contribution in [0.4, 0.5) is 0 Å². The van der Waals surface area contributed by atoms with Gasteiger partial charge in [-0.2, -0.15) is 0 Å². The average Bonchev–Trinajstić information content (AvgIpc) is 2.17. The highest BCUT2D eigenvalue weighted by atomic mass is 15.1. The molecule has 0 saturated heterocycles. The van der Waals surface area contributed by atoms with Gasteiger partial charge in [0.05, 0.1) is 0 Å². The summed E-state index contributed by atoms with van der Waals surface area (Å²) in [6.07, 6.45) is 0. The molecular weight excluding hydrogens is 158 g/mol. The Morgan fingerprint density at radius 3 is 2.00 bits per heavy atom.